The largest absolute Gasteiger partial charge is 0.207 e. The average Bonchev–Trinajstić information content (AvgIpc) is 2.48. The highest BCUT2D eigenvalue weighted by molar-refractivity contribution is 9.09. The summed E-state index contributed by atoms with van der Waals surface area (Å²) in [6.07, 6.45) is 0.481. The molecule has 2 aromatic carbocycles. The summed E-state index contributed by atoms with van der Waals surface area (Å²) in [7, 11) is 0. The second-order valence-corrected chi connectivity index (χ2v) is 6.90. The molecule has 21 heavy (non-hydrogen) atoms. The van der Waals surface area contributed by atoms with Crippen LogP contribution in [0.3, 0.4) is 0 Å². The molecule has 2 rings (SSSR count). The molecule has 0 N–H and O–H groups in total. The molecule has 0 aliphatic carbocycles. The molecule has 2 aromatic rings. The van der Waals surface area contributed by atoms with Crippen LogP contribution in [0, 0.1) is 5.82 Å². The molecule has 0 amide bonds. The van der Waals surface area contributed by atoms with Gasteiger partial charge in [0.05, 0.1) is 0 Å². The van der Waals surface area contributed by atoms with Crippen LogP contribution in [0.25, 0.3) is 0 Å². The van der Waals surface area contributed by atoms with Crippen molar-refractivity contribution in [3.8, 4) is 0 Å². The molecule has 0 heterocycles. The topological polar surface area (TPSA) is 0 Å². The maximum atomic E-state index is 14.1. The monoisotopic (exact) mass is 452 g/mol. The summed E-state index contributed by atoms with van der Waals surface area (Å²) in [5.74, 6) is -0.282. The van der Waals surface area contributed by atoms with E-state index in [1.807, 2.05) is 24.3 Å². The summed E-state index contributed by atoms with van der Waals surface area (Å²) in [5, 5.41) is 2.44. The lowest BCUT2D eigenvalue weighted by Crippen LogP contribution is -2.33. The van der Waals surface area contributed by atoms with Gasteiger partial charge in [0, 0.05) is 31.7 Å². The fraction of sp³-hybridized carbons (Fsp3) is 0.250. The normalized spacial score (nSPS) is 11.7. The predicted molar refractivity (Wildman–Crippen MR) is 95.8 cm³/mol. The van der Waals surface area contributed by atoms with Gasteiger partial charge in [-0.1, -0.05) is 73.3 Å². The summed E-state index contributed by atoms with van der Waals surface area (Å²) < 4.78 is 14.1. The summed E-state index contributed by atoms with van der Waals surface area (Å²) in [6.45, 7) is 0. The highest BCUT2D eigenvalue weighted by Gasteiger charge is 2.32. The quantitative estimate of drug-likeness (QED) is 0.458. The van der Waals surface area contributed by atoms with Gasteiger partial charge in [-0.3, -0.25) is 0 Å². The third-order valence-corrected chi connectivity index (χ3v) is 6.26. The first-order valence-corrected chi connectivity index (χ1v) is 9.33. The molecule has 5 heteroatoms. The number of benzene rings is 2. The fourth-order valence-electron chi connectivity index (χ4n) is 2.24. The Morgan fingerprint density at radius 1 is 1.00 bits per heavy atom. The number of hydrogen-bond donors (Lipinski definition) is 0. The third kappa shape index (κ3) is 3.82. The molecule has 0 unspecified atom stereocenters. The minimum Gasteiger partial charge on any atom is -0.207 e. The Labute approximate surface area is 150 Å². The van der Waals surface area contributed by atoms with Crippen LogP contribution in [0.4, 0.5) is 4.39 Å². The van der Waals surface area contributed by atoms with E-state index in [-0.39, 0.29) is 11.2 Å². The zero-order valence-corrected chi connectivity index (χ0v) is 15.7. The van der Waals surface area contributed by atoms with Gasteiger partial charge in [0.25, 0.3) is 0 Å². The van der Waals surface area contributed by atoms with E-state index >= 15 is 0 Å². The van der Waals surface area contributed by atoms with E-state index < -0.39 is 0 Å². The number of halogens is 5. The van der Waals surface area contributed by atoms with Crippen LogP contribution in [0.5, 0.6) is 0 Å². The van der Waals surface area contributed by atoms with Crippen molar-refractivity contribution in [1.82, 2.24) is 0 Å². The van der Waals surface area contributed by atoms with Crippen molar-refractivity contribution >= 4 is 55.1 Å². The molecule has 0 bridgehead atoms. The van der Waals surface area contributed by atoms with Crippen molar-refractivity contribution in [3.63, 3.8) is 0 Å². The molecular weight excluding hydrogens is 442 g/mol. The Balaban J connectivity index is 2.48. The maximum absolute atomic E-state index is 14.1. The van der Waals surface area contributed by atoms with E-state index in [0.717, 1.165) is 5.56 Å². The zero-order chi connectivity index (χ0) is 15.5. The van der Waals surface area contributed by atoms with Crippen LogP contribution in [-0.4, -0.2) is 10.7 Å². The van der Waals surface area contributed by atoms with Gasteiger partial charge in [-0.15, -0.1) is 0 Å². The maximum Gasteiger partial charge on any atom is 0.127 e. The minimum absolute atomic E-state index is 0.282. The van der Waals surface area contributed by atoms with Gasteiger partial charge in [0.2, 0.25) is 0 Å². The molecule has 0 nitrogen and oxygen atoms in total. The highest BCUT2D eigenvalue weighted by Crippen LogP contribution is 2.36. The molecule has 0 saturated heterocycles. The van der Waals surface area contributed by atoms with E-state index in [9.17, 15) is 4.39 Å². The minimum atomic E-state index is -0.323. The molecule has 0 spiro atoms. The van der Waals surface area contributed by atoms with Crippen molar-refractivity contribution in [2.24, 2.45) is 0 Å². The highest BCUT2D eigenvalue weighted by atomic mass is 79.9. The van der Waals surface area contributed by atoms with Crippen LogP contribution in [0.15, 0.2) is 42.5 Å². The second kappa shape index (κ2) is 7.45. The van der Waals surface area contributed by atoms with Gasteiger partial charge < -0.3 is 0 Å². The van der Waals surface area contributed by atoms with Crippen molar-refractivity contribution in [1.29, 1.82) is 0 Å². The predicted octanol–water partition coefficient (Wildman–Crippen LogP) is 6.40. The van der Waals surface area contributed by atoms with Gasteiger partial charge in [-0.2, -0.15) is 0 Å². The first-order chi connectivity index (χ1) is 10.0. The Bertz CT molecular complexity index is 607. The molecule has 0 aromatic heterocycles. The van der Waals surface area contributed by atoms with Crippen molar-refractivity contribution < 1.29 is 4.39 Å². The molecule has 0 aliphatic rings. The van der Waals surface area contributed by atoms with Gasteiger partial charge in [-0.25, -0.2) is 4.39 Å². The molecule has 112 valence electrons. The number of rotatable bonds is 5. The number of alkyl halides is 2. The fourth-order valence-corrected chi connectivity index (χ4v) is 4.64. The summed E-state index contributed by atoms with van der Waals surface area (Å²) in [4.78, 5) is 0. The average molecular weight is 455 g/mol. The van der Waals surface area contributed by atoms with Gasteiger partial charge in [-0.05, 0) is 36.2 Å². The zero-order valence-electron chi connectivity index (χ0n) is 11.1. The van der Waals surface area contributed by atoms with E-state index in [1.165, 1.54) is 6.07 Å². The first-order valence-electron chi connectivity index (χ1n) is 6.33. The Morgan fingerprint density at radius 2 is 1.67 bits per heavy atom. The lowest BCUT2D eigenvalue weighted by Gasteiger charge is -2.31. The van der Waals surface area contributed by atoms with E-state index in [1.54, 1.807) is 12.1 Å². The van der Waals surface area contributed by atoms with Crippen LogP contribution in [0.1, 0.15) is 11.1 Å². The lowest BCUT2D eigenvalue weighted by atomic mass is 9.79. The van der Waals surface area contributed by atoms with Crippen molar-refractivity contribution in [2.45, 2.75) is 11.8 Å². The Morgan fingerprint density at radius 3 is 2.24 bits per heavy atom. The van der Waals surface area contributed by atoms with Gasteiger partial charge in [0.1, 0.15) is 5.82 Å². The van der Waals surface area contributed by atoms with E-state index in [4.69, 9.17) is 23.2 Å². The Kier molecular flexibility index (Phi) is 6.13. The molecular formula is C16H13Br2Cl2F. The van der Waals surface area contributed by atoms with Gasteiger partial charge >= 0.3 is 0 Å². The Hall–Kier alpha value is -0.0900. The summed E-state index contributed by atoms with van der Waals surface area (Å²) >= 11 is 19.4. The van der Waals surface area contributed by atoms with E-state index in [0.29, 0.717) is 32.7 Å². The third-order valence-electron chi connectivity index (χ3n) is 3.53. The standard InChI is InChI=1S/C16H13Br2Cl2F/c17-9-16(10-18,11-3-1-4-12(19)7-11)8-13-14(20)5-2-6-15(13)21/h1-7H,8-10H2. The molecule has 0 atom stereocenters. The molecule has 0 saturated carbocycles. The summed E-state index contributed by atoms with van der Waals surface area (Å²) in [5.41, 5.74) is 1.25. The van der Waals surface area contributed by atoms with Crippen molar-refractivity contribution in [2.75, 3.05) is 10.7 Å². The number of hydrogen-bond acceptors (Lipinski definition) is 0. The SMILES string of the molecule is Fc1cccc(Cl)c1CC(CBr)(CBr)c1cccc(Cl)c1. The molecule has 0 aliphatic heterocycles. The smallest absolute Gasteiger partial charge is 0.127 e. The lowest BCUT2D eigenvalue weighted by molar-refractivity contribution is 0.523. The van der Waals surface area contributed by atoms with Crippen LogP contribution in [-0.2, 0) is 11.8 Å². The van der Waals surface area contributed by atoms with Gasteiger partial charge in [0.15, 0.2) is 0 Å². The van der Waals surface area contributed by atoms with Crippen LogP contribution >= 0.6 is 55.1 Å². The van der Waals surface area contributed by atoms with Crippen LogP contribution < -0.4 is 0 Å². The summed E-state index contributed by atoms with van der Waals surface area (Å²) in [6, 6.07) is 12.4. The van der Waals surface area contributed by atoms with Crippen molar-refractivity contribution in [3.05, 3.63) is 69.5 Å². The molecule has 0 radical (unpaired) electrons. The van der Waals surface area contributed by atoms with Crippen LogP contribution in [0.2, 0.25) is 10.0 Å². The first kappa shape index (κ1) is 17.3. The van der Waals surface area contributed by atoms with E-state index in [2.05, 4.69) is 31.9 Å². The molecule has 0 fully saturated rings. The second-order valence-electron chi connectivity index (χ2n) is 4.93.